The van der Waals surface area contributed by atoms with Crippen molar-refractivity contribution in [1.29, 1.82) is 0 Å². The number of hydrogen-bond acceptors (Lipinski definition) is 4. The van der Waals surface area contributed by atoms with Gasteiger partial charge in [0.1, 0.15) is 10.3 Å². The quantitative estimate of drug-likeness (QED) is 0.882. The Bertz CT molecular complexity index is 600. The van der Waals surface area contributed by atoms with Crippen LogP contribution in [0.5, 0.6) is 0 Å². The van der Waals surface area contributed by atoms with Crippen molar-refractivity contribution in [2.45, 2.75) is 13.3 Å². The summed E-state index contributed by atoms with van der Waals surface area (Å²) in [5.74, 6) is -0.262. The number of rotatable bonds is 4. The van der Waals surface area contributed by atoms with Crippen LogP contribution < -0.4 is 5.32 Å². The Labute approximate surface area is 124 Å². The number of hydrogen-bond donors (Lipinski definition) is 1. The fraction of sp³-hybridized carbons (Fsp3) is 0.250. The van der Waals surface area contributed by atoms with Crippen molar-refractivity contribution in [2.75, 3.05) is 6.54 Å². The van der Waals surface area contributed by atoms with E-state index in [1.54, 1.807) is 17.4 Å². The Morgan fingerprint density at radius 2 is 2.16 bits per heavy atom. The molecule has 2 heterocycles. The third kappa shape index (κ3) is 3.89. The fourth-order valence-electron chi connectivity index (χ4n) is 1.48. The molecule has 1 amide bonds. The molecular weight excluding hydrogens is 305 g/mol. The molecule has 0 aliphatic carbocycles. The van der Waals surface area contributed by atoms with E-state index in [0.29, 0.717) is 18.5 Å². The van der Waals surface area contributed by atoms with Crippen LogP contribution in [0.15, 0.2) is 17.5 Å². The summed E-state index contributed by atoms with van der Waals surface area (Å²) in [4.78, 5) is 20.0. The van der Waals surface area contributed by atoms with Gasteiger partial charge in [-0.1, -0.05) is 23.2 Å². The number of amides is 1. The lowest BCUT2D eigenvalue weighted by Crippen LogP contribution is -2.26. The van der Waals surface area contributed by atoms with Gasteiger partial charge in [-0.3, -0.25) is 4.79 Å². The number of nitrogens with zero attached hydrogens (tertiary/aromatic N) is 2. The Morgan fingerprint density at radius 3 is 2.79 bits per heavy atom. The maximum atomic E-state index is 11.9. The van der Waals surface area contributed by atoms with E-state index in [1.807, 2.05) is 12.3 Å². The number of halogens is 2. The van der Waals surface area contributed by atoms with Gasteiger partial charge in [0, 0.05) is 24.0 Å². The van der Waals surface area contributed by atoms with Gasteiger partial charge in [0.15, 0.2) is 0 Å². The molecule has 0 bridgehead atoms. The van der Waals surface area contributed by atoms with Gasteiger partial charge in [-0.2, -0.15) is 0 Å². The standard InChI is InChI=1S/C12H11Cl2N3OS/c1-7-6-19-10(16-7)4-5-15-12(18)8-2-3-9(13)17-11(8)14/h2-3,6H,4-5H2,1H3,(H,15,18). The summed E-state index contributed by atoms with van der Waals surface area (Å²) in [5, 5.41) is 6.13. The molecule has 0 aromatic carbocycles. The summed E-state index contributed by atoms with van der Waals surface area (Å²) in [6.45, 7) is 2.45. The summed E-state index contributed by atoms with van der Waals surface area (Å²) in [5.41, 5.74) is 1.32. The average Bonchev–Trinajstić information content (AvgIpc) is 2.75. The van der Waals surface area contributed by atoms with Gasteiger partial charge in [-0.25, -0.2) is 9.97 Å². The molecule has 0 aliphatic rings. The predicted octanol–water partition coefficient (Wildman–Crippen LogP) is 3.13. The summed E-state index contributed by atoms with van der Waals surface area (Å²) in [6, 6.07) is 3.09. The lowest BCUT2D eigenvalue weighted by Gasteiger charge is -2.05. The summed E-state index contributed by atoms with van der Waals surface area (Å²) < 4.78 is 0. The number of aryl methyl sites for hydroxylation is 1. The van der Waals surface area contributed by atoms with Gasteiger partial charge in [-0.05, 0) is 19.1 Å². The van der Waals surface area contributed by atoms with Crippen molar-refractivity contribution in [1.82, 2.24) is 15.3 Å². The highest BCUT2D eigenvalue weighted by molar-refractivity contribution is 7.09. The van der Waals surface area contributed by atoms with Crippen LogP contribution in [-0.2, 0) is 6.42 Å². The highest BCUT2D eigenvalue weighted by atomic mass is 35.5. The first-order chi connectivity index (χ1) is 9.06. The fourth-order valence-corrected chi connectivity index (χ4v) is 2.68. The highest BCUT2D eigenvalue weighted by Gasteiger charge is 2.11. The normalized spacial score (nSPS) is 10.5. The van der Waals surface area contributed by atoms with Crippen LogP contribution >= 0.6 is 34.5 Å². The number of aromatic nitrogens is 2. The Morgan fingerprint density at radius 1 is 1.37 bits per heavy atom. The minimum absolute atomic E-state index is 0.107. The molecule has 2 aromatic rings. The van der Waals surface area contributed by atoms with E-state index in [9.17, 15) is 4.79 Å². The summed E-state index contributed by atoms with van der Waals surface area (Å²) >= 11 is 13.1. The van der Waals surface area contributed by atoms with Crippen molar-refractivity contribution in [3.63, 3.8) is 0 Å². The zero-order valence-corrected chi connectivity index (χ0v) is 12.4. The molecular formula is C12H11Cl2N3OS. The molecule has 0 spiro atoms. The number of nitrogens with one attached hydrogen (secondary N) is 1. The number of carbonyl (C=O) groups excluding carboxylic acids is 1. The average molecular weight is 316 g/mol. The van der Waals surface area contributed by atoms with Crippen LogP contribution in [0.25, 0.3) is 0 Å². The van der Waals surface area contributed by atoms with Crippen molar-refractivity contribution in [3.8, 4) is 0 Å². The Balaban J connectivity index is 1.90. The van der Waals surface area contributed by atoms with E-state index in [0.717, 1.165) is 10.7 Å². The van der Waals surface area contributed by atoms with Gasteiger partial charge in [0.2, 0.25) is 0 Å². The van der Waals surface area contributed by atoms with Crippen LogP contribution in [0.4, 0.5) is 0 Å². The molecule has 2 aromatic heterocycles. The minimum atomic E-state index is -0.262. The molecule has 7 heteroatoms. The minimum Gasteiger partial charge on any atom is -0.352 e. The summed E-state index contributed by atoms with van der Waals surface area (Å²) in [7, 11) is 0. The molecule has 0 saturated heterocycles. The molecule has 0 fully saturated rings. The molecule has 100 valence electrons. The SMILES string of the molecule is Cc1csc(CCNC(=O)c2ccc(Cl)nc2Cl)n1. The lowest BCUT2D eigenvalue weighted by molar-refractivity contribution is 0.0954. The second kappa shape index (κ2) is 6.32. The molecule has 0 unspecified atom stereocenters. The smallest absolute Gasteiger partial charge is 0.254 e. The highest BCUT2D eigenvalue weighted by Crippen LogP contribution is 2.16. The third-order valence-electron chi connectivity index (χ3n) is 2.35. The molecule has 19 heavy (non-hydrogen) atoms. The van der Waals surface area contributed by atoms with Gasteiger partial charge in [-0.15, -0.1) is 11.3 Å². The Kier molecular flexibility index (Phi) is 4.74. The molecule has 0 radical (unpaired) electrons. The van der Waals surface area contributed by atoms with Crippen LogP contribution in [0.3, 0.4) is 0 Å². The van der Waals surface area contributed by atoms with Crippen LogP contribution in [0.1, 0.15) is 21.1 Å². The van der Waals surface area contributed by atoms with Crippen LogP contribution in [0, 0.1) is 6.92 Å². The molecule has 0 aliphatic heterocycles. The van der Waals surface area contributed by atoms with Crippen LogP contribution in [0.2, 0.25) is 10.3 Å². The third-order valence-corrected chi connectivity index (χ3v) is 3.88. The largest absolute Gasteiger partial charge is 0.352 e. The Hall–Kier alpha value is -1.17. The first-order valence-corrected chi connectivity index (χ1v) is 7.21. The lowest BCUT2D eigenvalue weighted by atomic mass is 10.2. The summed E-state index contributed by atoms with van der Waals surface area (Å²) in [6.07, 6.45) is 0.697. The van der Waals surface area contributed by atoms with E-state index < -0.39 is 0 Å². The monoisotopic (exact) mass is 315 g/mol. The molecule has 0 atom stereocenters. The second-order valence-electron chi connectivity index (χ2n) is 3.86. The zero-order valence-electron chi connectivity index (χ0n) is 10.1. The first kappa shape index (κ1) is 14.2. The van der Waals surface area contributed by atoms with Gasteiger partial charge in [0.25, 0.3) is 5.91 Å². The molecule has 4 nitrogen and oxygen atoms in total. The molecule has 0 saturated carbocycles. The van der Waals surface area contributed by atoms with E-state index in [-0.39, 0.29) is 16.2 Å². The number of thiazole rings is 1. The van der Waals surface area contributed by atoms with Crippen LogP contribution in [-0.4, -0.2) is 22.4 Å². The maximum Gasteiger partial charge on any atom is 0.254 e. The predicted molar refractivity (Wildman–Crippen MR) is 77.1 cm³/mol. The van der Waals surface area contributed by atoms with Crippen molar-refractivity contribution >= 4 is 40.4 Å². The van der Waals surface area contributed by atoms with Crippen molar-refractivity contribution in [3.05, 3.63) is 44.1 Å². The topological polar surface area (TPSA) is 54.9 Å². The van der Waals surface area contributed by atoms with Crippen molar-refractivity contribution < 1.29 is 4.79 Å². The second-order valence-corrected chi connectivity index (χ2v) is 5.55. The van der Waals surface area contributed by atoms with E-state index in [4.69, 9.17) is 23.2 Å². The molecule has 1 N–H and O–H groups in total. The van der Waals surface area contributed by atoms with Crippen molar-refractivity contribution in [2.24, 2.45) is 0 Å². The van der Waals surface area contributed by atoms with E-state index in [1.165, 1.54) is 6.07 Å². The molecule has 2 rings (SSSR count). The number of pyridine rings is 1. The van der Waals surface area contributed by atoms with Gasteiger partial charge >= 0.3 is 0 Å². The van der Waals surface area contributed by atoms with Gasteiger partial charge in [0.05, 0.1) is 10.6 Å². The van der Waals surface area contributed by atoms with E-state index in [2.05, 4.69) is 15.3 Å². The van der Waals surface area contributed by atoms with E-state index >= 15 is 0 Å². The zero-order chi connectivity index (χ0) is 13.8. The first-order valence-electron chi connectivity index (χ1n) is 5.57. The maximum absolute atomic E-state index is 11.9. The van der Waals surface area contributed by atoms with Gasteiger partial charge < -0.3 is 5.32 Å². The number of carbonyl (C=O) groups is 1.